The van der Waals surface area contributed by atoms with Gasteiger partial charge >= 0.3 is 0 Å². The van der Waals surface area contributed by atoms with E-state index in [1.54, 1.807) is 0 Å². The van der Waals surface area contributed by atoms with Crippen LogP contribution in [0.15, 0.2) is 0 Å². The van der Waals surface area contributed by atoms with Gasteiger partial charge in [-0.1, -0.05) is 13.8 Å². The second-order valence-electron chi connectivity index (χ2n) is 4.89. The highest BCUT2D eigenvalue weighted by Gasteiger charge is 2.23. The van der Waals surface area contributed by atoms with Gasteiger partial charge in [0.05, 0.1) is 0 Å². The Kier molecular flexibility index (Phi) is 3.48. The van der Waals surface area contributed by atoms with E-state index in [1.807, 2.05) is 0 Å². The van der Waals surface area contributed by atoms with E-state index >= 15 is 0 Å². The second kappa shape index (κ2) is 4.23. The number of aliphatic hydroxyl groups is 1. The summed E-state index contributed by atoms with van der Waals surface area (Å²) in [4.78, 5) is 11.3. The van der Waals surface area contributed by atoms with Crippen LogP contribution in [0.2, 0.25) is 0 Å². The quantitative estimate of drug-likeness (QED) is 0.627. The van der Waals surface area contributed by atoms with Crippen LogP contribution in [0.25, 0.3) is 0 Å². The number of aliphatic hydroxyl groups excluding tert-OH is 1. The van der Waals surface area contributed by atoms with Crippen LogP contribution in [0.1, 0.15) is 52.4 Å². The number of Topliss-reactive ketones (excluding diaryl/α,β-unsaturated/α-hetero) is 1. The second-order valence-corrected chi connectivity index (χ2v) is 4.89. The van der Waals surface area contributed by atoms with Crippen molar-refractivity contribution in [3.05, 3.63) is 0 Å². The molecule has 2 heteroatoms. The summed E-state index contributed by atoms with van der Waals surface area (Å²) in [6, 6.07) is 0. The molecule has 0 amide bonds. The monoisotopic (exact) mass is 184 g/mol. The van der Waals surface area contributed by atoms with Crippen LogP contribution in [0.4, 0.5) is 0 Å². The van der Waals surface area contributed by atoms with E-state index in [4.69, 9.17) is 0 Å². The summed E-state index contributed by atoms with van der Waals surface area (Å²) in [6.07, 6.45) is 4.66. The molecular formula is C11H20O2. The number of rotatable bonds is 0. The highest BCUT2D eigenvalue weighted by Crippen LogP contribution is 2.31. The highest BCUT2D eigenvalue weighted by atomic mass is 16.3. The number of carbonyl (C=O) groups excluding carboxylic acids is 1. The third-order valence-corrected chi connectivity index (χ3v) is 2.98. The Hall–Kier alpha value is -0.370. The summed E-state index contributed by atoms with van der Waals surface area (Å²) >= 11 is 0. The Bertz CT molecular complexity index is 185. The lowest BCUT2D eigenvalue weighted by atomic mass is 9.83. The molecule has 0 aromatic heterocycles. The van der Waals surface area contributed by atoms with Gasteiger partial charge in [-0.25, -0.2) is 0 Å². The van der Waals surface area contributed by atoms with Gasteiger partial charge in [0.25, 0.3) is 0 Å². The fourth-order valence-electron chi connectivity index (χ4n) is 1.97. The van der Waals surface area contributed by atoms with E-state index in [-0.39, 0.29) is 5.78 Å². The molecule has 1 saturated carbocycles. The van der Waals surface area contributed by atoms with Crippen LogP contribution in [0, 0.1) is 5.41 Å². The molecule has 1 aliphatic rings. The van der Waals surface area contributed by atoms with E-state index in [2.05, 4.69) is 13.8 Å². The first-order chi connectivity index (χ1) is 6.01. The molecule has 0 aromatic rings. The van der Waals surface area contributed by atoms with Gasteiger partial charge in [0.15, 0.2) is 5.78 Å². The van der Waals surface area contributed by atoms with Gasteiger partial charge in [0.1, 0.15) is 6.10 Å². The van der Waals surface area contributed by atoms with Crippen molar-refractivity contribution in [1.29, 1.82) is 0 Å². The first-order valence-electron chi connectivity index (χ1n) is 5.22. The lowest BCUT2D eigenvalue weighted by Gasteiger charge is -2.23. The Balaban J connectivity index is 2.52. The first-order valence-corrected chi connectivity index (χ1v) is 5.22. The lowest BCUT2D eigenvalue weighted by Crippen LogP contribution is -2.19. The molecule has 0 radical (unpaired) electrons. The third kappa shape index (κ3) is 3.47. The zero-order valence-corrected chi connectivity index (χ0v) is 8.68. The molecule has 1 N–H and O–H groups in total. The van der Waals surface area contributed by atoms with Gasteiger partial charge in [0, 0.05) is 6.42 Å². The molecule has 1 aliphatic carbocycles. The predicted octanol–water partition coefficient (Wildman–Crippen LogP) is 2.30. The largest absolute Gasteiger partial charge is 0.385 e. The Morgan fingerprint density at radius 3 is 2.62 bits per heavy atom. The normalized spacial score (nSPS) is 30.4. The maximum absolute atomic E-state index is 11.3. The van der Waals surface area contributed by atoms with E-state index in [9.17, 15) is 9.90 Å². The predicted molar refractivity (Wildman–Crippen MR) is 52.5 cm³/mol. The van der Waals surface area contributed by atoms with Crippen LogP contribution < -0.4 is 0 Å². The molecule has 2 nitrogen and oxygen atoms in total. The molecule has 0 spiro atoms. The molecular weight excluding hydrogens is 164 g/mol. The number of hydrogen-bond acceptors (Lipinski definition) is 2. The standard InChI is InChI=1S/C11H20O2/c1-11(2)7-3-5-9(12)10(13)6-4-8-11/h9,12H,3-8H2,1-2H3. The molecule has 1 atom stereocenters. The zero-order valence-electron chi connectivity index (χ0n) is 8.68. The smallest absolute Gasteiger partial charge is 0.161 e. The van der Waals surface area contributed by atoms with Gasteiger partial charge in [0.2, 0.25) is 0 Å². The molecule has 0 aromatic carbocycles. The summed E-state index contributed by atoms with van der Waals surface area (Å²) < 4.78 is 0. The van der Waals surface area contributed by atoms with Crippen molar-refractivity contribution in [3.8, 4) is 0 Å². The fourth-order valence-corrected chi connectivity index (χ4v) is 1.97. The van der Waals surface area contributed by atoms with Crippen molar-refractivity contribution >= 4 is 5.78 Å². The molecule has 76 valence electrons. The molecule has 1 rings (SSSR count). The minimum Gasteiger partial charge on any atom is -0.385 e. The molecule has 1 unspecified atom stereocenters. The van der Waals surface area contributed by atoms with E-state index in [0.717, 1.165) is 25.7 Å². The van der Waals surface area contributed by atoms with Crippen LogP contribution in [0.3, 0.4) is 0 Å². The summed E-state index contributed by atoms with van der Waals surface area (Å²) in [5.41, 5.74) is 0.352. The number of ketones is 1. The third-order valence-electron chi connectivity index (χ3n) is 2.98. The summed E-state index contributed by atoms with van der Waals surface area (Å²) in [7, 11) is 0. The maximum Gasteiger partial charge on any atom is 0.161 e. The molecule has 0 saturated heterocycles. The van der Waals surface area contributed by atoms with Gasteiger partial charge in [-0.3, -0.25) is 4.79 Å². The van der Waals surface area contributed by atoms with E-state index in [0.29, 0.717) is 18.3 Å². The van der Waals surface area contributed by atoms with Gasteiger partial charge < -0.3 is 5.11 Å². The number of hydrogen-bond donors (Lipinski definition) is 1. The number of carbonyl (C=O) groups is 1. The Morgan fingerprint density at radius 2 is 1.92 bits per heavy atom. The topological polar surface area (TPSA) is 37.3 Å². The average Bonchev–Trinajstić information content (AvgIpc) is 2.06. The van der Waals surface area contributed by atoms with Crippen LogP contribution in [-0.4, -0.2) is 17.0 Å². The summed E-state index contributed by atoms with van der Waals surface area (Å²) in [5, 5.41) is 9.43. The fraction of sp³-hybridized carbons (Fsp3) is 0.909. The zero-order chi connectivity index (χ0) is 9.90. The van der Waals surface area contributed by atoms with Gasteiger partial charge in [-0.15, -0.1) is 0 Å². The van der Waals surface area contributed by atoms with E-state index < -0.39 is 6.10 Å². The van der Waals surface area contributed by atoms with E-state index in [1.165, 1.54) is 0 Å². The molecule has 0 aliphatic heterocycles. The van der Waals surface area contributed by atoms with Crippen molar-refractivity contribution in [1.82, 2.24) is 0 Å². The molecule has 0 bridgehead atoms. The van der Waals surface area contributed by atoms with Gasteiger partial charge in [-0.2, -0.15) is 0 Å². The Labute approximate surface area is 80.3 Å². The van der Waals surface area contributed by atoms with Gasteiger partial charge in [-0.05, 0) is 37.5 Å². The van der Waals surface area contributed by atoms with Crippen molar-refractivity contribution < 1.29 is 9.90 Å². The van der Waals surface area contributed by atoms with Crippen LogP contribution in [-0.2, 0) is 4.79 Å². The first kappa shape index (κ1) is 10.7. The molecule has 1 fully saturated rings. The van der Waals surface area contributed by atoms with Crippen molar-refractivity contribution in [2.24, 2.45) is 5.41 Å². The van der Waals surface area contributed by atoms with Crippen molar-refractivity contribution in [3.63, 3.8) is 0 Å². The minimum absolute atomic E-state index is 0.0395. The summed E-state index contributed by atoms with van der Waals surface area (Å²) in [6.45, 7) is 4.49. The Morgan fingerprint density at radius 1 is 1.31 bits per heavy atom. The SMILES string of the molecule is CC1(C)CCCC(=O)C(O)CCC1. The van der Waals surface area contributed by atoms with Crippen molar-refractivity contribution in [2.75, 3.05) is 0 Å². The minimum atomic E-state index is -0.686. The highest BCUT2D eigenvalue weighted by molar-refractivity contribution is 5.82. The van der Waals surface area contributed by atoms with Crippen molar-refractivity contribution in [2.45, 2.75) is 58.5 Å². The molecule has 0 heterocycles. The summed E-state index contributed by atoms with van der Waals surface area (Å²) in [5.74, 6) is 0.0395. The van der Waals surface area contributed by atoms with Crippen LogP contribution in [0.5, 0.6) is 0 Å². The molecule has 13 heavy (non-hydrogen) atoms. The lowest BCUT2D eigenvalue weighted by molar-refractivity contribution is -0.127. The van der Waals surface area contributed by atoms with Crippen LogP contribution >= 0.6 is 0 Å². The maximum atomic E-state index is 11.3. The average molecular weight is 184 g/mol.